The van der Waals surface area contributed by atoms with Gasteiger partial charge in [-0.3, -0.25) is 4.98 Å². The van der Waals surface area contributed by atoms with E-state index in [9.17, 15) is 0 Å². The lowest BCUT2D eigenvalue weighted by Gasteiger charge is -2.23. The van der Waals surface area contributed by atoms with Crippen molar-refractivity contribution < 1.29 is 4.74 Å². The molecule has 3 rings (SSSR count). The van der Waals surface area contributed by atoms with Crippen LogP contribution in [0.15, 0.2) is 24.5 Å². The van der Waals surface area contributed by atoms with Crippen molar-refractivity contribution in [2.24, 2.45) is 0 Å². The van der Waals surface area contributed by atoms with Crippen molar-refractivity contribution in [3.8, 4) is 5.88 Å². The summed E-state index contributed by atoms with van der Waals surface area (Å²) in [5.74, 6) is 0.631. The van der Waals surface area contributed by atoms with Crippen LogP contribution >= 0.6 is 0 Å². The molecule has 0 amide bonds. The van der Waals surface area contributed by atoms with E-state index in [4.69, 9.17) is 4.74 Å². The van der Waals surface area contributed by atoms with Crippen molar-refractivity contribution in [2.45, 2.75) is 18.9 Å². The van der Waals surface area contributed by atoms with Crippen LogP contribution in [0.5, 0.6) is 5.88 Å². The minimum atomic E-state index is 0.213. The number of ether oxygens (including phenoxy) is 1. The monoisotopic (exact) mass is 230 g/mol. The van der Waals surface area contributed by atoms with Crippen molar-refractivity contribution in [3.63, 3.8) is 0 Å². The molecule has 0 aliphatic carbocycles. The lowest BCUT2D eigenvalue weighted by molar-refractivity contribution is 0.161. The lowest BCUT2D eigenvalue weighted by Crippen LogP contribution is -2.37. The Hall–Kier alpha value is -1.75. The van der Waals surface area contributed by atoms with E-state index in [0.717, 1.165) is 31.4 Å². The Labute approximate surface area is 99.3 Å². The molecule has 1 aliphatic heterocycles. The Kier molecular flexibility index (Phi) is 2.83. The van der Waals surface area contributed by atoms with Gasteiger partial charge in [-0.15, -0.1) is 0 Å². The normalized spacial score (nSPS) is 20.4. The number of hydrogen-bond acceptors (Lipinski definition) is 5. The van der Waals surface area contributed by atoms with Crippen molar-refractivity contribution in [2.75, 3.05) is 13.1 Å². The van der Waals surface area contributed by atoms with Gasteiger partial charge in [0.2, 0.25) is 5.88 Å². The van der Waals surface area contributed by atoms with E-state index in [-0.39, 0.29) is 6.10 Å². The molecule has 5 heteroatoms. The molecule has 1 atom stereocenters. The Morgan fingerprint density at radius 1 is 1.24 bits per heavy atom. The first-order chi connectivity index (χ1) is 8.42. The maximum atomic E-state index is 5.82. The Balaban J connectivity index is 1.80. The van der Waals surface area contributed by atoms with Crippen LogP contribution in [0.3, 0.4) is 0 Å². The molecule has 0 radical (unpaired) electrons. The predicted molar refractivity (Wildman–Crippen MR) is 63.9 cm³/mol. The minimum Gasteiger partial charge on any atom is -0.473 e. The number of hydrogen-bond donors (Lipinski definition) is 1. The molecule has 88 valence electrons. The first kappa shape index (κ1) is 10.4. The Morgan fingerprint density at radius 3 is 3.06 bits per heavy atom. The molecule has 1 saturated heterocycles. The van der Waals surface area contributed by atoms with Crippen molar-refractivity contribution in [1.82, 2.24) is 20.3 Å². The Bertz CT molecular complexity index is 511. The molecule has 0 saturated carbocycles. The van der Waals surface area contributed by atoms with Crippen LogP contribution in [0.25, 0.3) is 11.2 Å². The lowest BCUT2D eigenvalue weighted by atomic mass is 10.1. The van der Waals surface area contributed by atoms with Crippen LogP contribution in [0, 0.1) is 0 Å². The van der Waals surface area contributed by atoms with E-state index in [0.29, 0.717) is 11.5 Å². The number of rotatable bonds is 2. The third-order valence-electron chi connectivity index (χ3n) is 2.85. The van der Waals surface area contributed by atoms with Gasteiger partial charge < -0.3 is 10.1 Å². The fourth-order valence-corrected chi connectivity index (χ4v) is 1.99. The number of pyridine rings is 1. The van der Waals surface area contributed by atoms with E-state index in [2.05, 4.69) is 20.3 Å². The van der Waals surface area contributed by atoms with Crippen molar-refractivity contribution in [3.05, 3.63) is 24.5 Å². The summed E-state index contributed by atoms with van der Waals surface area (Å²) < 4.78 is 5.82. The van der Waals surface area contributed by atoms with E-state index >= 15 is 0 Å². The molecular formula is C12H14N4O. The van der Waals surface area contributed by atoms with Gasteiger partial charge in [0.15, 0.2) is 5.65 Å². The summed E-state index contributed by atoms with van der Waals surface area (Å²) in [6, 6.07) is 3.74. The zero-order valence-electron chi connectivity index (χ0n) is 9.47. The summed E-state index contributed by atoms with van der Waals surface area (Å²) in [4.78, 5) is 12.7. The van der Waals surface area contributed by atoms with Crippen LogP contribution in [-0.2, 0) is 0 Å². The van der Waals surface area contributed by atoms with Gasteiger partial charge >= 0.3 is 0 Å². The summed E-state index contributed by atoms with van der Waals surface area (Å²) in [5.41, 5.74) is 1.43. The van der Waals surface area contributed by atoms with Crippen molar-refractivity contribution in [1.29, 1.82) is 0 Å². The molecule has 1 fully saturated rings. The minimum absolute atomic E-state index is 0.213. The summed E-state index contributed by atoms with van der Waals surface area (Å²) in [5, 5.41) is 3.31. The largest absolute Gasteiger partial charge is 0.473 e. The SMILES string of the molecule is c1cnc2nc(O[C@H]3CCCNC3)ccc2n1. The smallest absolute Gasteiger partial charge is 0.215 e. The fourth-order valence-electron chi connectivity index (χ4n) is 1.99. The molecule has 2 aromatic heterocycles. The van der Waals surface area contributed by atoms with Crippen LogP contribution in [0.1, 0.15) is 12.8 Å². The highest BCUT2D eigenvalue weighted by Gasteiger charge is 2.15. The molecule has 0 aromatic carbocycles. The second-order valence-corrected chi connectivity index (χ2v) is 4.13. The fraction of sp³-hybridized carbons (Fsp3) is 0.417. The highest BCUT2D eigenvalue weighted by Crippen LogP contribution is 2.15. The molecule has 0 bridgehead atoms. The standard InChI is InChI=1S/C12H14N4O/c1-2-9(8-13-5-1)17-11-4-3-10-12(16-11)15-7-6-14-10/h3-4,6-7,9,13H,1-2,5,8H2/t9-/m0/s1. The molecule has 0 spiro atoms. The van der Waals surface area contributed by atoms with Gasteiger partial charge in [0, 0.05) is 25.0 Å². The molecule has 5 nitrogen and oxygen atoms in total. The van der Waals surface area contributed by atoms with Gasteiger partial charge in [-0.25, -0.2) is 4.98 Å². The van der Waals surface area contributed by atoms with Gasteiger partial charge in [0.25, 0.3) is 0 Å². The van der Waals surface area contributed by atoms with Gasteiger partial charge in [0.05, 0.1) is 0 Å². The van der Waals surface area contributed by atoms with E-state index in [1.165, 1.54) is 0 Å². The van der Waals surface area contributed by atoms with E-state index < -0.39 is 0 Å². The van der Waals surface area contributed by atoms with Crippen LogP contribution in [0.4, 0.5) is 0 Å². The van der Waals surface area contributed by atoms with Crippen LogP contribution in [0.2, 0.25) is 0 Å². The average molecular weight is 230 g/mol. The topological polar surface area (TPSA) is 59.9 Å². The van der Waals surface area contributed by atoms with E-state index in [1.807, 2.05) is 12.1 Å². The quantitative estimate of drug-likeness (QED) is 0.838. The third kappa shape index (κ3) is 2.34. The maximum absolute atomic E-state index is 5.82. The molecule has 1 N–H and O–H groups in total. The second kappa shape index (κ2) is 4.63. The maximum Gasteiger partial charge on any atom is 0.215 e. The van der Waals surface area contributed by atoms with Gasteiger partial charge in [-0.2, -0.15) is 4.98 Å². The summed E-state index contributed by atoms with van der Waals surface area (Å²) in [6.45, 7) is 1.97. The number of aromatic nitrogens is 3. The summed E-state index contributed by atoms with van der Waals surface area (Å²) in [6.07, 6.45) is 5.74. The second-order valence-electron chi connectivity index (χ2n) is 4.13. The Morgan fingerprint density at radius 2 is 2.18 bits per heavy atom. The predicted octanol–water partition coefficient (Wildman–Crippen LogP) is 1.16. The summed E-state index contributed by atoms with van der Waals surface area (Å²) in [7, 11) is 0. The number of piperidine rings is 1. The van der Waals surface area contributed by atoms with Crippen LogP contribution < -0.4 is 10.1 Å². The van der Waals surface area contributed by atoms with Gasteiger partial charge in [0.1, 0.15) is 11.6 Å². The first-order valence-corrected chi connectivity index (χ1v) is 5.87. The molecule has 0 unspecified atom stereocenters. The van der Waals surface area contributed by atoms with E-state index in [1.54, 1.807) is 12.4 Å². The summed E-state index contributed by atoms with van der Waals surface area (Å²) >= 11 is 0. The molecule has 17 heavy (non-hydrogen) atoms. The third-order valence-corrected chi connectivity index (χ3v) is 2.85. The van der Waals surface area contributed by atoms with Crippen LogP contribution in [-0.4, -0.2) is 34.1 Å². The molecular weight excluding hydrogens is 216 g/mol. The average Bonchev–Trinajstić information content (AvgIpc) is 2.40. The first-order valence-electron chi connectivity index (χ1n) is 5.87. The number of nitrogens with zero attached hydrogens (tertiary/aromatic N) is 3. The zero-order valence-corrected chi connectivity index (χ0v) is 9.47. The zero-order chi connectivity index (χ0) is 11.5. The highest BCUT2D eigenvalue weighted by atomic mass is 16.5. The molecule has 2 aromatic rings. The van der Waals surface area contributed by atoms with Gasteiger partial charge in [-0.05, 0) is 25.5 Å². The highest BCUT2D eigenvalue weighted by molar-refractivity contribution is 5.69. The van der Waals surface area contributed by atoms with Gasteiger partial charge in [-0.1, -0.05) is 0 Å². The van der Waals surface area contributed by atoms with Crippen molar-refractivity contribution >= 4 is 11.2 Å². The molecule has 3 heterocycles. The molecule has 1 aliphatic rings. The number of nitrogens with one attached hydrogen (secondary N) is 1. The number of fused-ring (bicyclic) bond motifs is 1.